The molecule has 1 heterocycles. The van der Waals surface area contributed by atoms with Crippen LogP contribution in [0, 0.1) is 0 Å². The summed E-state index contributed by atoms with van der Waals surface area (Å²) < 4.78 is 11.2. The van der Waals surface area contributed by atoms with Gasteiger partial charge in [0.15, 0.2) is 11.5 Å². The van der Waals surface area contributed by atoms with Crippen LogP contribution in [0.2, 0.25) is 0 Å². The van der Waals surface area contributed by atoms with E-state index in [4.69, 9.17) is 29.3 Å². The second-order valence-electron chi connectivity index (χ2n) is 6.27. The van der Waals surface area contributed by atoms with Crippen LogP contribution < -0.4 is 14.8 Å². The van der Waals surface area contributed by atoms with Crippen LogP contribution in [-0.2, 0) is 9.59 Å². The Balaban J connectivity index is 0.000000568. The van der Waals surface area contributed by atoms with E-state index in [2.05, 4.69) is 5.32 Å². The quantitative estimate of drug-likeness (QED) is 0.595. The van der Waals surface area contributed by atoms with Crippen molar-refractivity contribution in [2.45, 2.75) is 12.5 Å². The minimum absolute atomic E-state index is 0.0101. The number of aliphatic carboxylic acids is 2. The zero-order chi connectivity index (χ0) is 21.1. The molecular formula is C18H27N3O7. The second kappa shape index (κ2) is 11.7. The first-order valence-electron chi connectivity index (χ1n) is 8.68. The van der Waals surface area contributed by atoms with Crippen molar-refractivity contribution in [3.63, 3.8) is 0 Å². The van der Waals surface area contributed by atoms with E-state index in [1.807, 2.05) is 43.3 Å². The number of amides is 2. The van der Waals surface area contributed by atoms with Crippen LogP contribution in [0.5, 0.6) is 11.5 Å². The average molecular weight is 397 g/mol. The number of hydrogen-bond donors (Lipinski definition) is 3. The summed E-state index contributed by atoms with van der Waals surface area (Å²) in [7, 11) is 5.60. The third-order valence-electron chi connectivity index (χ3n) is 3.81. The lowest BCUT2D eigenvalue weighted by atomic mass is 10.3. The zero-order valence-corrected chi connectivity index (χ0v) is 16.3. The highest BCUT2D eigenvalue weighted by Crippen LogP contribution is 2.28. The van der Waals surface area contributed by atoms with Gasteiger partial charge in [-0.05, 0) is 26.2 Å². The molecule has 0 spiro atoms. The first-order chi connectivity index (χ1) is 13.2. The van der Waals surface area contributed by atoms with Gasteiger partial charge < -0.3 is 34.8 Å². The van der Waals surface area contributed by atoms with E-state index in [9.17, 15) is 4.79 Å². The van der Waals surface area contributed by atoms with Gasteiger partial charge in [0.25, 0.3) is 0 Å². The Morgan fingerprint density at radius 3 is 2.32 bits per heavy atom. The van der Waals surface area contributed by atoms with Crippen LogP contribution in [0.15, 0.2) is 24.3 Å². The number of ether oxygens (including phenoxy) is 2. The lowest BCUT2D eigenvalue weighted by molar-refractivity contribution is -0.159. The highest BCUT2D eigenvalue weighted by molar-refractivity contribution is 6.27. The van der Waals surface area contributed by atoms with Crippen molar-refractivity contribution in [1.82, 2.24) is 15.1 Å². The molecule has 1 aliphatic rings. The van der Waals surface area contributed by atoms with Gasteiger partial charge in [-0.3, -0.25) is 0 Å². The summed E-state index contributed by atoms with van der Waals surface area (Å²) in [6.45, 7) is 2.81. The second-order valence-corrected chi connectivity index (χ2v) is 6.27. The molecule has 28 heavy (non-hydrogen) atoms. The van der Waals surface area contributed by atoms with Gasteiger partial charge >= 0.3 is 18.0 Å². The summed E-state index contributed by atoms with van der Waals surface area (Å²) in [4.78, 5) is 34.1. The number of likely N-dealkylation sites (N-methyl/N-ethyl adjacent to an activating group) is 1. The van der Waals surface area contributed by atoms with E-state index >= 15 is 0 Å². The van der Waals surface area contributed by atoms with Crippen molar-refractivity contribution < 1.29 is 34.1 Å². The molecule has 0 aliphatic carbocycles. The molecular weight excluding hydrogens is 370 g/mol. The van der Waals surface area contributed by atoms with Gasteiger partial charge in [0.1, 0.15) is 6.10 Å². The van der Waals surface area contributed by atoms with E-state index in [1.165, 1.54) is 0 Å². The maximum atomic E-state index is 12.1. The number of carbonyl (C=O) groups excluding carboxylic acids is 1. The summed E-state index contributed by atoms with van der Waals surface area (Å²) in [5.74, 6) is -2.20. The number of nitrogens with zero attached hydrogens (tertiary/aromatic N) is 2. The Hall–Kier alpha value is -3.01. The highest BCUT2D eigenvalue weighted by atomic mass is 16.5. The average Bonchev–Trinajstić information content (AvgIpc) is 3.11. The third-order valence-corrected chi connectivity index (χ3v) is 3.81. The summed E-state index contributed by atoms with van der Waals surface area (Å²) in [6.07, 6.45) is 0.843. The highest BCUT2D eigenvalue weighted by Gasteiger charge is 2.28. The predicted octanol–water partition coefficient (Wildman–Crippen LogP) is 0.575. The van der Waals surface area contributed by atoms with Crippen LogP contribution in [0.1, 0.15) is 6.42 Å². The number of urea groups is 1. The number of methoxy groups -OCH3 is 1. The van der Waals surface area contributed by atoms with Gasteiger partial charge in [-0.1, -0.05) is 12.1 Å². The number of benzene rings is 1. The summed E-state index contributed by atoms with van der Waals surface area (Å²) in [6, 6.07) is 7.56. The molecule has 2 rings (SSSR count). The smallest absolute Gasteiger partial charge is 0.414 e. The molecule has 2 amide bonds. The van der Waals surface area contributed by atoms with E-state index in [0.717, 1.165) is 24.5 Å². The molecule has 10 nitrogen and oxygen atoms in total. The molecule has 1 aliphatic heterocycles. The molecule has 0 saturated carbocycles. The number of carboxylic acid groups (broad SMARTS) is 2. The first kappa shape index (κ1) is 23.0. The predicted molar refractivity (Wildman–Crippen MR) is 101 cm³/mol. The minimum atomic E-state index is -1.82. The zero-order valence-electron chi connectivity index (χ0n) is 16.3. The molecule has 10 heteroatoms. The maximum absolute atomic E-state index is 12.1. The molecule has 1 aromatic rings. The molecule has 3 N–H and O–H groups in total. The summed E-state index contributed by atoms with van der Waals surface area (Å²) in [5, 5.41) is 17.7. The number of hydrogen-bond acceptors (Lipinski definition) is 6. The van der Waals surface area contributed by atoms with E-state index in [1.54, 1.807) is 12.0 Å². The van der Waals surface area contributed by atoms with Crippen LogP contribution >= 0.6 is 0 Å². The van der Waals surface area contributed by atoms with E-state index in [0.29, 0.717) is 19.6 Å². The molecule has 1 atom stereocenters. The molecule has 0 bridgehead atoms. The first-order valence-corrected chi connectivity index (χ1v) is 8.68. The summed E-state index contributed by atoms with van der Waals surface area (Å²) in [5.41, 5.74) is 0. The Kier molecular flexibility index (Phi) is 9.58. The third kappa shape index (κ3) is 8.12. The SMILES string of the molecule is COc1ccccc1OC1CCN(C(=O)NCCN(C)C)C1.O=C(O)C(=O)O. The lowest BCUT2D eigenvalue weighted by Gasteiger charge is -2.19. The summed E-state index contributed by atoms with van der Waals surface area (Å²) >= 11 is 0. The van der Waals surface area contributed by atoms with Crippen molar-refractivity contribution in [2.75, 3.05) is 47.4 Å². The molecule has 1 aromatic carbocycles. The maximum Gasteiger partial charge on any atom is 0.414 e. The molecule has 1 fully saturated rings. The normalized spacial score (nSPS) is 15.4. The van der Waals surface area contributed by atoms with Crippen LogP contribution in [-0.4, -0.2) is 91.5 Å². The molecule has 0 radical (unpaired) electrons. The van der Waals surface area contributed by atoms with E-state index in [-0.39, 0.29) is 12.1 Å². The molecule has 156 valence electrons. The minimum Gasteiger partial charge on any atom is -0.493 e. The molecule has 1 saturated heterocycles. The number of rotatable bonds is 6. The monoisotopic (exact) mass is 397 g/mol. The Morgan fingerprint density at radius 1 is 1.18 bits per heavy atom. The van der Waals surface area contributed by atoms with Crippen molar-refractivity contribution in [3.8, 4) is 11.5 Å². The van der Waals surface area contributed by atoms with Gasteiger partial charge in [0.2, 0.25) is 0 Å². The Labute approximate surface area is 163 Å². The van der Waals surface area contributed by atoms with Gasteiger partial charge in [-0.25, -0.2) is 14.4 Å². The van der Waals surface area contributed by atoms with Crippen LogP contribution in [0.4, 0.5) is 4.79 Å². The number of likely N-dealkylation sites (tertiary alicyclic amines) is 1. The molecule has 0 aromatic heterocycles. The topological polar surface area (TPSA) is 129 Å². The fourth-order valence-corrected chi connectivity index (χ4v) is 2.40. The largest absolute Gasteiger partial charge is 0.493 e. The van der Waals surface area contributed by atoms with Crippen LogP contribution in [0.3, 0.4) is 0 Å². The van der Waals surface area contributed by atoms with Gasteiger partial charge in [0.05, 0.1) is 13.7 Å². The Morgan fingerprint density at radius 2 is 1.79 bits per heavy atom. The van der Waals surface area contributed by atoms with Crippen molar-refractivity contribution in [3.05, 3.63) is 24.3 Å². The molecule has 1 unspecified atom stereocenters. The number of carboxylic acids is 2. The van der Waals surface area contributed by atoms with Gasteiger partial charge in [0, 0.05) is 26.1 Å². The van der Waals surface area contributed by atoms with Gasteiger partial charge in [-0.2, -0.15) is 0 Å². The van der Waals surface area contributed by atoms with Gasteiger partial charge in [-0.15, -0.1) is 0 Å². The standard InChI is InChI=1S/C16H25N3O3.C2H2O4/c1-18(2)11-9-17-16(20)19-10-8-13(12-19)22-15-7-5-4-6-14(15)21-3;3-1(4)2(5)6/h4-7,13H,8-12H2,1-3H3,(H,17,20);(H,3,4)(H,5,6). The fraction of sp³-hybridized carbons (Fsp3) is 0.500. The lowest BCUT2D eigenvalue weighted by Crippen LogP contribution is -2.41. The number of para-hydroxylation sites is 2. The van der Waals surface area contributed by atoms with Crippen molar-refractivity contribution in [1.29, 1.82) is 0 Å². The Bertz CT molecular complexity index is 654. The van der Waals surface area contributed by atoms with Crippen molar-refractivity contribution in [2.24, 2.45) is 0 Å². The fourth-order valence-electron chi connectivity index (χ4n) is 2.40. The number of carbonyl (C=O) groups is 3. The van der Waals surface area contributed by atoms with Crippen LogP contribution in [0.25, 0.3) is 0 Å². The number of nitrogens with one attached hydrogen (secondary N) is 1. The van der Waals surface area contributed by atoms with Crippen molar-refractivity contribution >= 4 is 18.0 Å². The van der Waals surface area contributed by atoms with E-state index < -0.39 is 11.9 Å².